The molecule has 0 bridgehead atoms. The molecule has 0 saturated carbocycles. The van der Waals surface area contributed by atoms with Crippen molar-refractivity contribution in [3.63, 3.8) is 0 Å². The lowest BCUT2D eigenvalue weighted by Crippen LogP contribution is -2.54. The highest BCUT2D eigenvalue weighted by Gasteiger charge is 2.44. The van der Waals surface area contributed by atoms with Gasteiger partial charge in [-0.15, -0.1) is 0 Å². The topological polar surface area (TPSA) is 90.0 Å². The molecule has 2 fully saturated rings. The molecule has 2 saturated heterocycles. The first-order chi connectivity index (χ1) is 16.3. The Morgan fingerprint density at radius 3 is 2.32 bits per heavy atom. The molecule has 5 rings (SSSR count). The summed E-state index contributed by atoms with van der Waals surface area (Å²) in [5, 5.41) is 3.44. The summed E-state index contributed by atoms with van der Waals surface area (Å²) in [6.45, 7) is 3.85. The molecule has 1 N–H and O–H groups in total. The van der Waals surface area contributed by atoms with E-state index in [0.29, 0.717) is 27.7 Å². The van der Waals surface area contributed by atoms with E-state index in [2.05, 4.69) is 15.1 Å². The van der Waals surface area contributed by atoms with Crippen LogP contribution in [0.5, 0.6) is 0 Å². The van der Waals surface area contributed by atoms with Crippen LogP contribution in [0.15, 0.2) is 36.4 Å². The quantitative estimate of drug-likeness (QED) is 0.649. The fourth-order valence-corrected chi connectivity index (χ4v) is 5.29. The number of nitrogens with one attached hydrogen (secondary N) is 1. The summed E-state index contributed by atoms with van der Waals surface area (Å²) in [7, 11) is 0. The predicted molar refractivity (Wildman–Crippen MR) is 127 cm³/mol. The maximum Gasteiger partial charge on any atom is 0.262 e. The minimum absolute atomic E-state index is 0.0995. The van der Waals surface area contributed by atoms with Crippen molar-refractivity contribution in [1.29, 1.82) is 0 Å². The molecule has 8 nitrogen and oxygen atoms in total. The number of hydrogen-bond donors (Lipinski definition) is 1. The Balaban J connectivity index is 1.25. The van der Waals surface area contributed by atoms with Gasteiger partial charge in [-0.1, -0.05) is 29.3 Å². The highest BCUT2D eigenvalue weighted by Crippen LogP contribution is 2.31. The summed E-state index contributed by atoms with van der Waals surface area (Å²) < 4.78 is 0. The predicted octanol–water partition coefficient (Wildman–Crippen LogP) is 2.72. The van der Waals surface area contributed by atoms with E-state index >= 15 is 0 Å². The van der Waals surface area contributed by atoms with Crippen molar-refractivity contribution in [2.45, 2.75) is 25.4 Å². The fraction of sp³-hybridized carbons (Fsp3) is 0.333. The lowest BCUT2D eigenvalue weighted by atomic mass is 10.0. The Hall–Kier alpha value is -2.94. The fourth-order valence-electron chi connectivity index (χ4n) is 4.76. The smallest absolute Gasteiger partial charge is 0.262 e. The van der Waals surface area contributed by atoms with E-state index in [9.17, 15) is 19.2 Å². The van der Waals surface area contributed by atoms with Crippen molar-refractivity contribution in [3.05, 3.63) is 63.1 Å². The van der Waals surface area contributed by atoms with Gasteiger partial charge in [-0.2, -0.15) is 0 Å². The van der Waals surface area contributed by atoms with Crippen LogP contribution >= 0.6 is 23.2 Å². The first kappa shape index (κ1) is 22.8. The van der Waals surface area contributed by atoms with Crippen LogP contribution in [0.4, 0.5) is 5.69 Å². The molecule has 0 spiro atoms. The van der Waals surface area contributed by atoms with Crippen molar-refractivity contribution in [3.8, 4) is 0 Å². The number of fused-ring (bicyclic) bond motifs is 1. The molecule has 3 aliphatic rings. The van der Waals surface area contributed by atoms with Gasteiger partial charge in [0, 0.05) is 44.2 Å². The summed E-state index contributed by atoms with van der Waals surface area (Å²) in [6, 6.07) is 9.78. The van der Waals surface area contributed by atoms with Gasteiger partial charge in [0.15, 0.2) is 0 Å². The third-order valence-electron chi connectivity index (χ3n) is 6.53. The summed E-state index contributed by atoms with van der Waals surface area (Å²) in [5.74, 6) is -1.98. The Morgan fingerprint density at radius 2 is 1.62 bits per heavy atom. The Morgan fingerprint density at radius 1 is 0.882 bits per heavy atom. The summed E-state index contributed by atoms with van der Waals surface area (Å²) in [4.78, 5) is 55.0. The van der Waals surface area contributed by atoms with Gasteiger partial charge in [0.2, 0.25) is 11.8 Å². The van der Waals surface area contributed by atoms with E-state index in [1.54, 1.807) is 18.2 Å². The number of benzene rings is 2. The average Bonchev–Trinajstić information content (AvgIpc) is 3.04. The zero-order chi connectivity index (χ0) is 24.0. The third-order valence-corrected chi connectivity index (χ3v) is 7.07. The maximum atomic E-state index is 13.0. The number of piperazine rings is 1. The molecular formula is C24H22Cl2N4O4. The number of carbonyl (C=O) groups excluding carboxylic acids is 4. The standard InChI is InChI=1S/C24H22Cl2N4O4/c25-15-2-4-19(18(26)12-15)29-9-7-28(8-10-29)13-14-1-3-16-17(11-14)24(34)30(23(16)33)20-5-6-21(31)27-22(20)32/h1-4,11-12,20H,5-10,13H2,(H,27,31,32). The monoisotopic (exact) mass is 500 g/mol. The third kappa shape index (κ3) is 4.17. The zero-order valence-electron chi connectivity index (χ0n) is 18.2. The van der Waals surface area contributed by atoms with E-state index in [4.69, 9.17) is 23.2 Å². The van der Waals surface area contributed by atoms with Gasteiger partial charge in [0.25, 0.3) is 11.8 Å². The van der Waals surface area contributed by atoms with Crippen LogP contribution < -0.4 is 10.2 Å². The van der Waals surface area contributed by atoms with Crippen LogP contribution in [0.25, 0.3) is 0 Å². The largest absolute Gasteiger partial charge is 0.368 e. The molecule has 2 aromatic rings. The first-order valence-electron chi connectivity index (χ1n) is 11.1. The van der Waals surface area contributed by atoms with E-state index in [-0.39, 0.29) is 12.8 Å². The van der Waals surface area contributed by atoms with Gasteiger partial charge in [-0.05, 0) is 42.3 Å². The molecule has 3 aliphatic heterocycles. The van der Waals surface area contributed by atoms with Crippen molar-refractivity contribution < 1.29 is 19.2 Å². The minimum Gasteiger partial charge on any atom is -0.368 e. The van der Waals surface area contributed by atoms with Crippen LogP contribution in [0.2, 0.25) is 10.0 Å². The summed E-state index contributed by atoms with van der Waals surface area (Å²) in [5.41, 5.74) is 2.48. The molecule has 1 unspecified atom stereocenters. The highest BCUT2D eigenvalue weighted by atomic mass is 35.5. The van der Waals surface area contributed by atoms with Crippen molar-refractivity contribution in [2.75, 3.05) is 31.1 Å². The molecule has 4 amide bonds. The van der Waals surface area contributed by atoms with Crippen LogP contribution in [0.1, 0.15) is 39.1 Å². The first-order valence-corrected chi connectivity index (χ1v) is 11.8. The molecule has 2 aromatic carbocycles. The molecule has 176 valence electrons. The molecule has 34 heavy (non-hydrogen) atoms. The lowest BCUT2D eigenvalue weighted by molar-refractivity contribution is -0.136. The second-order valence-electron chi connectivity index (χ2n) is 8.69. The number of rotatable bonds is 4. The number of hydrogen-bond acceptors (Lipinski definition) is 6. The van der Waals surface area contributed by atoms with Crippen molar-refractivity contribution in [1.82, 2.24) is 15.1 Å². The van der Waals surface area contributed by atoms with Gasteiger partial charge in [-0.25, -0.2) is 0 Å². The molecule has 0 aliphatic carbocycles. The average molecular weight is 501 g/mol. The van der Waals surface area contributed by atoms with Crippen LogP contribution in [-0.2, 0) is 16.1 Å². The van der Waals surface area contributed by atoms with Gasteiger partial charge < -0.3 is 4.90 Å². The molecular weight excluding hydrogens is 479 g/mol. The van der Waals surface area contributed by atoms with Crippen LogP contribution in [-0.4, -0.2) is 65.6 Å². The van der Waals surface area contributed by atoms with E-state index in [1.807, 2.05) is 18.2 Å². The Bertz CT molecular complexity index is 1210. The number of piperidine rings is 1. The normalized spacial score (nSPS) is 21.2. The number of carbonyl (C=O) groups is 4. The highest BCUT2D eigenvalue weighted by molar-refractivity contribution is 6.36. The molecule has 0 radical (unpaired) electrons. The number of imide groups is 2. The van der Waals surface area contributed by atoms with E-state index in [1.165, 1.54) is 0 Å². The molecule has 0 aromatic heterocycles. The number of anilines is 1. The second-order valence-corrected chi connectivity index (χ2v) is 9.53. The molecule has 1 atom stereocenters. The number of amides is 4. The number of halogens is 2. The van der Waals surface area contributed by atoms with Crippen LogP contribution in [0, 0.1) is 0 Å². The number of nitrogens with zero attached hydrogens (tertiary/aromatic N) is 3. The van der Waals surface area contributed by atoms with Crippen molar-refractivity contribution >= 4 is 52.5 Å². The zero-order valence-corrected chi connectivity index (χ0v) is 19.7. The Labute approximate surface area is 206 Å². The van der Waals surface area contributed by atoms with Gasteiger partial charge >= 0.3 is 0 Å². The van der Waals surface area contributed by atoms with Crippen LogP contribution in [0.3, 0.4) is 0 Å². The van der Waals surface area contributed by atoms with E-state index < -0.39 is 29.7 Å². The molecule has 10 heteroatoms. The summed E-state index contributed by atoms with van der Waals surface area (Å²) >= 11 is 12.4. The SMILES string of the molecule is O=C1CCC(N2C(=O)c3ccc(CN4CCN(c5ccc(Cl)cc5Cl)CC4)cc3C2=O)C(=O)N1. The second kappa shape index (κ2) is 9.02. The van der Waals surface area contributed by atoms with Crippen molar-refractivity contribution in [2.24, 2.45) is 0 Å². The Kier molecular flexibility index (Phi) is 6.06. The van der Waals surface area contributed by atoms with E-state index in [0.717, 1.165) is 42.3 Å². The van der Waals surface area contributed by atoms with Gasteiger partial charge in [0.1, 0.15) is 6.04 Å². The maximum absolute atomic E-state index is 13.0. The minimum atomic E-state index is -0.957. The van der Waals surface area contributed by atoms with Gasteiger partial charge in [0.05, 0.1) is 21.8 Å². The lowest BCUT2D eigenvalue weighted by Gasteiger charge is -2.36. The van der Waals surface area contributed by atoms with Gasteiger partial charge in [-0.3, -0.25) is 34.3 Å². The summed E-state index contributed by atoms with van der Waals surface area (Å²) in [6.07, 6.45) is 0.243. The molecule has 3 heterocycles.